The number of nitrogens with zero attached hydrogens (tertiary/aromatic N) is 11. The smallest absolute Gasteiger partial charge is 0.412 e. The molecule has 7 heterocycles. The van der Waals surface area contributed by atoms with E-state index in [4.69, 9.17) is 25.7 Å². The molecular weight excluding hydrogens is 1000 g/mol. The van der Waals surface area contributed by atoms with Gasteiger partial charge in [0.15, 0.2) is 11.3 Å². The fourth-order valence-corrected chi connectivity index (χ4v) is 9.41. The number of benzene rings is 1. The third kappa shape index (κ3) is 13.9. The van der Waals surface area contributed by atoms with Gasteiger partial charge in [0.05, 0.1) is 33.7 Å². The third-order valence-electron chi connectivity index (χ3n) is 12.8. The average Bonchev–Trinajstić information content (AvgIpc) is 4.23. The number of anilines is 3. The molecule has 2 atom stereocenters. The molecule has 2 unspecified atom stereocenters. The van der Waals surface area contributed by atoms with Crippen molar-refractivity contribution in [2.45, 2.75) is 113 Å². The molecule has 2 fully saturated rings. The summed E-state index contributed by atoms with van der Waals surface area (Å²) in [6.45, 7) is 25.0. The fraction of sp³-hybridized carbons (Fsp3) is 0.491. The van der Waals surface area contributed by atoms with Crippen LogP contribution in [-0.4, -0.2) is 147 Å². The second kappa shape index (κ2) is 24.0. The second-order valence-corrected chi connectivity index (χ2v) is 21.2. The van der Waals surface area contributed by atoms with Gasteiger partial charge < -0.3 is 40.0 Å². The molecule has 0 aliphatic carbocycles. The summed E-state index contributed by atoms with van der Waals surface area (Å²) in [7, 11) is 1.75. The topological polar surface area (TPSA) is 309 Å². The average molecular weight is 1080 g/mol. The minimum atomic E-state index is -0.784. The first-order valence-electron chi connectivity index (χ1n) is 25.9. The quantitative estimate of drug-likeness (QED) is 0.0520. The summed E-state index contributed by atoms with van der Waals surface area (Å²) in [6.07, 6.45) is 5.12. The zero-order chi connectivity index (χ0) is 56.8. The minimum absolute atomic E-state index is 0.0727. The molecule has 25 heteroatoms. The van der Waals surface area contributed by atoms with Crippen molar-refractivity contribution in [1.29, 1.82) is 0 Å². The summed E-state index contributed by atoms with van der Waals surface area (Å²) in [6, 6.07) is 7.91. The number of hydrogen-bond acceptors (Lipinski definition) is 15. The number of pyridine rings is 1. The van der Waals surface area contributed by atoms with Crippen LogP contribution in [0, 0.1) is 25.7 Å². The highest BCUT2D eigenvalue weighted by Crippen LogP contribution is 2.32. The van der Waals surface area contributed by atoms with Gasteiger partial charge >= 0.3 is 12.2 Å². The predicted molar refractivity (Wildman–Crippen MR) is 292 cm³/mol. The van der Waals surface area contributed by atoms with Crippen LogP contribution in [0.4, 0.5) is 27.2 Å². The molecule has 78 heavy (non-hydrogen) atoms. The van der Waals surface area contributed by atoms with Crippen molar-refractivity contribution in [1.82, 2.24) is 53.4 Å². The van der Waals surface area contributed by atoms with Gasteiger partial charge in [-0.05, 0) is 118 Å². The van der Waals surface area contributed by atoms with Gasteiger partial charge in [-0.2, -0.15) is 10.2 Å². The van der Waals surface area contributed by atoms with Crippen molar-refractivity contribution in [2.75, 3.05) is 62.4 Å². The van der Waals surface area contributed by atoms with Crippen molar-refractivity contribution in [2.24, 2.45) is 23.3 Å². The Kier molecular flexibility index (Phi) is 17.7. The Balaban J connectivity index is 0.000000369. The summed E-state index contributed by atoms with van der Waals surface area (Å²) >= 11 is 0. The number of primary amides is 2. The Hall–Kier alpha value is -8.19. The lowest BCUT2D eigenvalue weighted by Gasteiger charge is -2.26. The van der Waals surface area contributed by atoms with Crippen molar-refractivity contribution < 1.29 is 43.0 Å². The van der Waals surface area contributed by atoms with Gasteiger partial charge in [-0.1, -0.05) is 12.2 Å². The van der Waals surface area contributed by atoms with E-state index in [-0.39, 0.29) is 53.6 Å². The zero-order valence-electron chi connectivity index (χ0n) is 46.3. The van der Waals surface area contributed by atoms with E-state index in [1.165, 1.54) is 23.0 Å². The van der Waals surface area contributed by atoms with Crippen LogP contribution in [0.15, 0.2) is 48.7 Å². The van der Waals surface area contributed by atoms with Gasteiger partial charge in [-0.3, -0.25) is 49.1 Å². The summed E-state index contributed by atoms with van der Waals surface area (Å²) in [5.74, 6) is -0.865. The summed E-state index contributed by atoms with van der Waals surface area (Å²) in [5, 5.41) is 17.2. The molecule has 0 spiro atoms. The summed E-state index contributed by atoms with van der Waals surface area (Å²) in [4.78, 5) is 94.3. The van der Waals surface area contributed by atoms with Gasteiger partial charge in [-0.25, -0.2) is 24.5 Å². The molecule has 0 radical (unpaired) electrons. The fourth-order valence-electron chi connectivity index (χ4n) is 9.41. The number of ether oxygens (including phenoxy) is 3. The van der Waals surface area contributed by atoms with E-state index >= 15 is 0 Å². The number of aromatic nitrogens is 9. The molecule has 418 valence electrons. The van der Waals surface area contributed by atoms with Crippen LogP contribution in [-0.2, 0) is 40.4 Å². The lowest BCUT2D eigenvalue weighted by Crippen LogP contribution is -2.37. The maximum atomic E-state index is 14.0. The highest BCUT2D eigenvalue weighted by Gasteiger charge is 2.42. The van der Waals surface area contributed by atoms with Crippen LogP contribution < -0.4 is 27.4 Å². The molecule has 8 rings (SSSR count). The monoisotopic (exact) mass is 1080 g/mol. The van der Waals surface area contributed by atoms with Crippen LogP contribution in [0.3, 0.4) is 0 Å². The molecule has 2 saturated heterocycles. The number of fused-ring (bicyclic) bond motifs is 3. The number of carbonyl (C=O) groups is 6. The molecule has 25 nitrogen and oxygen atoms in total. The third-order valence-corrected chi connectivity index (χ3v) is 12.8. The Labute approximate surface area is 452 Å². The number of aryl methyl sites for hydroxylation is 4. The zero-order valence-corrected chi connectivity index (χ0v) is 46.3. The first-order chi connectivity index (χ1) is 36.9. The van der Waals surface area contributed by atoms with Crippen molar-refractivity contribution >= 4 is 75.6 Å². The largest absolute Gasteiger partial charge is 0.444 e. The molecule has 5 aromatic heterocycles. The van der Waals surface area contributed by atoms with Crippen LogP contribution in [0.2, 0.25) is 0 Å². The number of hydrogen-bond donors (Lipinski definition) is 5. The maximum Gasteiger partial charge on any atom is 0.412 e. The Morgan fingerprint density at radius 1 is 0.731 bits per heavy atom. The molecule has 0 saturated carbocycles. The molecule has 6 amide bonds. The summed E-state index contributed by atoms with van der Waals surface area (Å²) in [5.41, 5.74) is 13.6. The minimum Gasteiger partial charge on any atom is -0.444 e. The molecule has 2 aliphatic heterocycles. The number of nitrogens with two attached hydrogens (primary N) is 2. The van der Waals surface area contributed by atoms with Gasteiger partial charge in [0, 0.05) is 84.4 Å². The SMILES string of the molecule is CCn1nc(C)cc1C(=O)Nc1nc2cc(C(N)=O)cnc2n1C/C=C/Cn1c(NC(=O)c2c(NC(=O)OC(C)(C)C)c(C)nn2CC)nc2cc(C(N)=O)ccc21.COCCCN1CC2CN(C(=O)OC(C)(C)C)CC2C1. The van der Waals surface area contributed by atoms with E-state index in [0.717, 1.165) is 45.8 Å². The normalized spacial score (nSPS) is 15.6. The predicted octanol–water partition coefficient (Wildman–Crippen LogP) is 5.96. The number of carbonyl (C=O) groups excluding carboxylic acids is 6. The van der Waals surface area contributed by atoms with Crippen molar-refractivity contribution in [3.05, 3.63) is 82.6 Å². The molecular formula is C53H72N16O9. The highest BCUT2D eigenvalue weighted by molar-refractivity contribution is 6.09. The maximum absolute atomic E-state index is 14.0. The lowest BCUT2D eigenvalue weighted by molar-refractivity contribution is 0.0273. The van der Waals surface area contributed by atoms with Crippen LogP contribution in [0.1, 0.15) is 115 Å². The number of allylic oxidation sites excluding steroid dienone is 2. The van der Waals surface area contributed by atoms with E-state index in [0.29, 0.717) is 64.2 Å². The highest BCUT2D eigenvalue weighted by atomic mass is 16.6. The standard InChI is InChI=1S/C38H44N14O6.C15H28N2O3/c1-8-51-27(16-20(3)47-51)33(55)45-36-43-25-18-23(31(40)54)19-41-32(25)50(36)15-11-10-14-49-26-13-12-22(30(39)53)17-24(26)42-35(49)46-34(56)29-28(21(4)48-52(29)9-2)44-37(57)58-38(5,6)7;1-15(2,3)20-14(18)17-10-12-8-16(6-5-7-19-4)9-13(12)11-17/h10-13,16-19H,8-9,14-15H2,1-7H3,(H2,39,53)(H2,40,54)(H,44,57)(H,42,46,56)(H,43,45,55);12-13H,5-11H2,1-4H3/b11-10+;. The first kappa shape index (κ1) is 57.5. The molecule has 2 aliphatic rings. The van der Waals surface area contributed by atoms with Gasteiger partial charge in [-0.15, -0.1) is 0 Å². The first-order valence-corrected chi connectivity index (χ1v) is 25.9. The lowest BCUT2D eigenvalue weighted by atomic mass is 10.0. The van der Waals surface area contributed by atoms with Gasteiger partial charge in [0.2, 0.25) is 23.7 Å². The van der Waals surface area contributed by atoms with Crippen LogP contribution in [0.25, 0.3) is 22.2 Å². The van der Waals surface area contributed by atoms with E-state index in [1.807, 2.05) is 32.6 Å². The Morgan fingerprint density at radius 3 is 1.95 bits per heavy atom. The van der Waals surface area contributed by atoms with Gasteiger partial charge in [0.25, 0.3) is 11.8 Å². The molecule has 0 bridgehead atoms. The number of amides is 6. The van der Waals surface area contributed by atoms with Crippen LogP contribution in [0.5, 0.6) is 0 Å². The number of rotatable bonds is 17. The van der Waals surface area contributed by atoms with E-state index < -0.39 is 40.9 Å². The second-order valence-electron chi connectivity index (χ2n) is 21.2. The van der Waals surface area contributed by atoms with Crippen LogP contribution >= 0.6 is 0 Å². The van der Waals surface area contributed by atoms with Crippen molar-refractivity contribution in [3.63, 3.8) is 0 Å². The number of likely N-dealkylation sites (tertiary alicyclic amines) is 2. The summed E-state index contributed by atoms with van der Waals surface area (Å²) < 4.78 is 22.4. The molecule has 1 aromatic carbocycles. The van der Waals surface area contributed by atoms with E-state index in [2.05, 4.69) is 46.0 Å². The Bertz CT molecular complexity index is 3230. The Morgan fingerprint density at radius 2 is 1.33 bits per heavy atom. The number of nitrogens with one attached hydrogen (secondary N) is 3. The molecule has 6 aromatic rings. The van der Waals surface area contributed by atoms with E-state index in [1.54, 1.807) is 92.8 Å². The van der Waals surface area contributed by atoms with Gasteiger partial charge in [0.1, 0.15) is 22.4 Å². The van der Waals surface area contributed by atoms with Crippen molar-refractivity contribution in [3.8, 4) is 0 Å². The van der Waals surface area contributed by atoms with E-state index in [9.17, 15) is 28.8 Å². The number of methoxy groups -OCH3 is 1. The molecule has 7 N–H and O–H groups in total. The number of imidazole rings is 2.